The maximum Gasteiger partial charge on any atom is 0.329 e. The monoisotopic (exact) mass is 820 g/mol. The minimum Gasteiger partial charge on any atom is -0.496 e. The third-order valence-electron chi connectivity index (χ3n) is 9.33. The number of rotatable bonds is 7. The summed E-state index contributed by atoms with van der Waals surface area (Å²) in [5, 5.41) is 1.77. The van der Waals surface area contributed by atoms with Gasteiger partial charge in [-0.3, -0.25) is 38.1 Å². The number of nitrogens with one attached hydrogen (secondary N) is 3. The van der Waals surface area contributed by atoms with Crippen molar-refractivity contribution in [1.29, 1.82) is 0 Å². The van der Waals surface area contributed by atoms with E-state index in [0.29, 0.717) is 50.0 Å². The van der Waals surface area contributed by atoms with E-state index >= 15 is 0 Å². The molecule has 0 spiro atoms. The van der Waals surface area contributed by atoms with Crippen molar-refractivity contribution in [3.63, 3.8) is 0 Å². The molecule has 3 N–H and O–H groups in total. The number of benzene rings is 4. The molecule has 0 unspecified atom stereocenters. The predicted molar refractivity (Wildman–Crippen MR) is 234 cm³/mol. The maximum absolute atomic E-state index is 12.6. The Morgan fingerprint density at radius 1 is 0.525 bits per heavy atom. The van der Waals surface area contributed by atoms with Gasteiger partial charge in [0.2, 0.25) is 0 Å². The summed E-state index contributed by atoms with van der Waals surface area (Å²) in [5.74, 6) is 0.743. The maximum atomic E-state index is 12.6. The van der Waals surface area contributed by atoms with Crippen molar-refractivity contribution < 1.29 is 4.74 Å². The minimum absolute atomic E-state index is 0.0730. The normalized spacial score (nSPS) is 10.7. The van der Waals surface area contributed by atoms with Gasteiger partial charge in [-0.2, -0.15) is 0 Å². The third-order valence-corrected chi connectivity index (χ3v) is 9.97. The van der Waals surface area contributed by atoms with E-state index in [1.807, 2.05) is 78.9 Å². The van der Waals surface area contributed by atoms with Gasteiger partial charge in [-0.25, -0.2) is 4.79 Å². The number of hydrogen-bond acceptors (Lipinski definition) is 9. The molecule has 59 heavy (non-hydrogen) atoms. The number of ether oxygens (including phenoxy) is 1. The van der Waals surface area contributed by atoms with Crippen LogP contribution in [0.2, 0.25) is 0 Å². The summed E-state index contributed by atoms with van der Waals surface area (Å²) in [4.78, 5) is 66.2. The molecule has 0 atom stereocenters. The molecule has 0 fully saturated rings. The summed E-state index contributed by atoms with van der Waals surface area (Å²) < 4.78 is 10.4. The van der Waals surface area contributed by atoms with Crippen LogP contribution >= 0.6 is 24.4 Å². The molecule has 5 aromatic heterocycles. The first-order valence-electron chi connectivity index (χ1n) is 18.3. The van der Waals surface area contributed by atoms with Gasteiger partial charge in [-0.1, -0.05) is 60.7 Å². The van der Waals surface area contributed by atoms with Gasteiger partial charge in [-0.05, 0) is 96.7 Å². The fourth-order valence-electron chi connectivity index (χ4n) is 6.36. The van der Waals surface area contributed by atoms with Crippen molar-refractivity contribution in [3.05, 3.63) is 214 Å². The van der Waals surface area contributed by atoms with Crippen LogP contribution in [0.4, 0.5) is 0 Å². The molecular formula is C44H36N8O5S2. The van der Waals surface area contributed by atoms with Crippen molar-refractivity contribution in [2.24, 2.45) is 0 Å². The molecule has 294 valence electrons. The number of pyridine rings is 2. The Balaban J connectivity index is 0.000000134. The van der Waals surface area contributed by atoms with Crippen LogP contribution in [0.5, 0.6) is 5.75 Å². The van der Waals surface area contributed by atoms with Crippen molar-refractivity contribution in [1.82, 2.24) is 38.6 Å². The van der Waals surface area contributed by atoms with Gasteiger partial charge in [0.05, 0.1) is 65.1 Å². The van der Waals surface area contributed by atoms with E-state index in [1.165, 1.54) is 0 Å². The Labute approximate surface area is 345 Å². The van der Waals surface area contributed by atoms with Crippen molar-refractivity contribution in [2.45, 2.75) is 19.6 Å². The Kier molecular flexibility index (Phi) is 12.3. The topological polar surface area (TPSA) is 165 Å². The van der Waals surface area contributed by atoms with Crippen LogP contribution in [0.3, 0.4) is 0 Å². The number of hydrogen-bond donors (Lipinski definition) is 3. The lowest BCUT2D eigenvalue weighted by molar-refractivity contribution is 0.408. The molecule has 9 aromatic rings. The summed E-state index contributed by atoms with van der Waals surface area (Å²) >= 11 is 10.6. The van der Waals surface area contributed by atoms with Gasteiger partial charge >= 0.3 is 5.69 Å². The van der Waals surface area contributed by atoms with Gasteiger partial charge in [-0.15, -0.1) is 0 Å². The lowest BCUT2D eigenvalue weighted by Crippen LogP contribution is -2.35. The lowest BCUT2D eigenvalue weighted by Gasteiger charge is -2.11. The van der Waals surface area contributed by atoms with Crippen molar-refractivity contribution >= 4 is 57.1 Å². The van der Waals surface area contributed by atoms with Crippen molar-refractivity contribution in [2.75, 3.05) is 7.11 Å². The average Bonchev–Trinajstić information content (AvgIpc) is 3.26. The van der Waals surface area contributed by atoms with Crippen LogP contribution in [0.25, 0.3) is 32.7 Å². The highest BCUT2D eigenvalue weighted by Gasteiger charge is 2.10. The molecule has 0 aliphatic rings. The number of para-hydroxylation sites is 4. The van der Waals surface area contributed by atoms with E-state index in [4.69, 9.17) is 29.2 Å². The standard InChI is InChI=1S/C16H14N2O2S.C14H11N3O2.C14H11N3OS/c1-20-14-9-5-2-6-11(14)10-18-15(19)12-7-3-4-8-13(12)17-16(18)21;18-13-11-6-1-2-7-12(11)16-14(19)17(13)9-10-5-3-4-8-15-10;18-13-11-3-1-2-4-12(11)16-14(19)17(13)9-10-5-7-15-8-6-10/h2-9H,10H2,1H3,(H,17,21);2*1-8H,9H2,(H,16,19). The second kappa shape index (κ2) is 18.3. The molecule has 0 bridgehead atoms. The summed E-state index contributed by atoms with van der Waals surface area (Å²) in [6.45, 7) is 0.990. The summed E-state index contributed by atoms with van der Waals surface area (Å²) in [6, 6.07) is 38.4. The molecule has 0 saturated heterocycles. The fraction of sp³-hybridized carbons (Fsp3) is 0.0909. The second-order valence-corrected chi connectivity index (χ2v) is 13.9. The first-order chi connectivity index (χ1) is 28.7. The van der Waals surface area contributed by atoms with E-state index < -0.39 is 5.69 Å². The molecule has 15 heteroatoms. The van der Waals surface area contributed by atoms with Gasteiger partial charge in [0.25, 0.3) is 16.7 Å². The zero-order valence-corrected chi connectivity index (χ0v) is 33.2. The number of aromatic amines is 3. The molecule has 5 heterocycles. The van der Waals surface area contributed by atoms with Crippen LogP contribution in [0.15, 0.2) is 165 Å². The summed E-state index contributed by atoms with van der Waals surface area (Å²) in [5.41, 5.74) is 3.76. The highest BCUT2D eigenvalue weighted by molar-refractivity contribution is 7.71. The lowest BCUT2D eigenvalue weighted by atomic mass is 10.2. The Bertz CT molecular complexity index is 3140. The molecule has 0 aliphatic carbocycles. The zero-order chi connectivity index (χ0) is 41.3. The van der Waals surface area contributed by atoms with E-state index in [1.54, 1.807) is 83.4 Å². The second-order valence-electron chi connectivity index (χ2n) is 13.1. The van der Waals surface area contributed by atoms with E-state index in [0.717, 1.165) is 32.5 Å². The number of fused-ring (bicyclic) bond motifs is 3. The van der Waals surface area contributed by atoms with E-state index in [9.17, 15) is 19.2 Å². The Morgan fingerprint density at radius 2 is 1.02 bits per heavy atom. The molecular weight excluding hydrogens is 785 g/mol. The first-order valence-corrected chi connectivity index (χ1v) is 19.1. The van der Waals surface area contributed by atoms with Gasteiger partial charge in [0.15, 0.2) is 9.54 Å². The molecule has 13 nitrogen and oxygen atoms in total. The number of methoxy groups -OCH3 is 1. The fourth-order valence-corrected chi connectivity index (χ4v) is 6.87. The molecule has 4 aromatic carbocycles. The van der Waals surface area contributed by atoms with E-state index in [-0.39, 0.29) is 23.2 Å². The molecule has 0 amide bonds. The van der Waals surface area contributed by atoms with Gasteiger partial charge in [0.1, 0.15) is 5.75 Å². The van der Waals surface area contributed by atoms with Crippen LogP contribution in [0.1, 0.15) is 16.8 Å². The van der Waals surface area contributed by atoms with Gasteiger partial charge in [0, 0.05) is 24.2 Å². The largest absolute Gasteiger partial charge is 0.496 e. The minimum atomic E-state index is -0.422. The predicted octanol–water partition coefficient (Wildman–Crippen LogP) is 6.75. The van der Waals surface area contributed by atoms with Crippen LogP contribution in [0, 0.1) is 9.54 Å². The highest BCUT2D eigenvalue weighted by atomic mass is 32.1. The number of nitrogens with zero attached hydrogens (tertiary/aromatic N) is 5. The first kappa shape index (κ1) is 39.9. The van der Waals surface area contributed by atoms with Crippen LogP contribution in [-0.2, 0) is 19.6 Å². The Morgan fingerprint density at radius 3 is 1.58 bits per heavy atom. The average molecular weight is 821 g/mol. The van der Waals surface area contributed by atoms with E-state index in [2.05, 4.69) is 24.9 Å². The van der Waals surface area contributed by atoms with Gasteiger partial charge < -0.3 is 19.7 Å². The molecule has 0 saturated carbocycles. The zero-order valence-electron chi connectivity index (χ0n) is 31.6. The molecule has 9 rings (SSSR count). The van der Waals surface area contributed by atoms with Crippen molar-refractivity contribution in [3.8, 4) is 5.75 Å². The SMILES string of the molecule is COc1ccccc1Cn1c(=S)[nH]c2ccccc2c1=O.O=c1[nH]c2ccccc2c(=O)n1Cc1ccccn1.O=c1c2ccccc2[nH]c(=S)n1Cc1ccncc1. The Hall–Kier alpha value is -7.36. The smallest absolute Gasteiger partial charge is 0.329 e. The van der Waals surface area contributed by atoms with Crippen LogP contribution < -0.4 is 27.1 Å². The third kappa shape index (κ3) is 9.12. The molecule has 0 radical (unpaired) electrons. The van der Waals surface area contributed by atoms with Crippen LogP contribution in [-0.4, -0.2) is 45.7 Å². The highest BCUT2D eigenvalue weighted by Crippen LogP contribution is 2.18. The number of H-pyrrole nitrogens is 3. The number of aromatic nitrogens is 8. The molecule has 0 aliphatic heterocycles. The quantitative estimate of drug-likeness (QED) is 0.148. The summed E-state index contributed by atoms with van der Waals surface area (Å²) in [6.07, 6.45) is 5.04. The summed E-state index contributed by atoms with van der Waals surface area (Å²) in [7, 11) is 1.61.